The van der Waals surface area contributed by atoms with Gasteiger partial charge in [-0.2, -0.15) is 0 Å². The first-order chi connectivity index (χ1) is 9.83. The van der Waals surface area contributed by atoms with Crippen molar-refractivity contribution in [2.24, 2.45) is 0 Å². The highest BCUT2D eigenvalue weighted by Crippen LogP contribution is 2.17. The van der Waals surface area contributed by atoms with Gasteiger partial charge in [0.2, 0.25) is 0 Å². The Kier molecular flexibility index (Phi) is 3.97. The van der Waals surface area contributed by atoms with Crippen LogP contribution in [0, 0.1) is 0 Å². The van der Waals surface area contributed by atoms with Crippen LogP contribution in [0.3, 0.4) is 0 Å². The average molecular weight is 287 g/mol. The van der Waals surface area contributed by atoms with Gasteiger partial charge in [0.1, 0.15) is 0 Å². The third-order valence-corrected chi connectivity index (χ3v) is 4.10. The van der Waals surface area contributed by atoms with Gasteiger partial charge in [-0.1, -0.05) is 6.07 Å². The number of likely N-dealkylation sites (tertiary alicyclic amines) is 1. The van der Waals surface area contributed by atoms with Crippen molar-refractivity contribution in [1.29, 1.82) is 0 Å². The lowest BCUT2D eigenvalue weighted by Crippen LogP contribution is -2.27. The van der Waals surface area contributed by atoms with E-state index in [2.05, 4.69) is 10.3 Å². The van der Waals surface area contributed by atoms with Gasteiger partial charge in [0.05, 0.1) is 17.7 Å². The van der Waals surface area contributed by atoms with E-state index in [-0.39, 0.29) is 5.91 Å². The average Bonchev–Trinajstić information content (AvgIpc) is 3.18. The lowest BCUT2D eigenvalue weighted by molar-refractivity contribution is 0.0793. The number of amides is 1. The highest BCUT2D eigenvalue weighted by molar-refractivity contribution is 7.07. The molecule has 0 aliphatic carbocycles. The topological polar surface area (TPSA) is 45.2 Å². The second-order valence-electron chi connectivity index (χ2n) is 4.91. The van der Waals surface area contributed by atoms with Gasteiger partial charge in [-0.25, -0.2) is 4.98 Å². The fourth-order valence-corrected chi connectivity index (χ4v) is 2.94. The van der Waals surface area contributed by atoms with Crippen molar-refractivity contribution in [2.45, 2.75) is 19.4 Å². The monoisotopic (exact) mass is 287 g/mol. The lowest BCUT2D eigenvalue weighted by Gasteiger charge is -2.15. The Morgan fingerprint density at radius 2 is 2.20 bits per heavy atom. The maximum Gasteiger partial charge on any atom is 0.253 e. The molecule has 1 amide bonds. The Hall–Kier alpha value is -1.88. The molecule has 1 aliphatic heterocycles. The molecule has 0 unspecified atom stereocenters. The molecule has 1 N–H and O–H groups in total. The van der Waals surface area contributed by atoms with Crippen LogP contribution in [-0.2, 0) is 6.54 Å². The summed E-state index contributed by atoms with van der Waals surface area (Å²) < 4.78 is 0. The summed E-state index contributed by atoms with van der Waals surface area (Å²) in [5.74, 6) is 0.139. The zero-order chi connectivity index (χ0) is 13.8. The van der Waals surface area contributed by atoms with Crippen molar-refractivity contribution >= 4 is 22.9 Å². The molecule has 4 nitrogen and oxygen atoms in total. The maximum absolute atomic E-state index is 12.3. The number of rotatable bonds is 4. The molecule has 1 aromatic carbocycles. The summed E-state index contributed by atoms with van der Waals surface area (Å²) in [4.78, 5) is 18.5. The fraction of sp³-hybridized carbons (Fsp3) is 0.333. The Morgan fingerprint density at radius 1 is 1.35 bits per heavy atom. The van der Waals surface area contributed by atoms with Gasteiger partial charge in [0.25, 0.3) is 5.91 Å². The summed E-state index contributed by atoms with van der Waals surface area (Å²) in [7, 11) is 0. The van der Waals surface area contributed by atoms with Crippen LogP contribution >= 0.6 is 11.3 Å². The zero-order valence-corrected chi connectivity index (χ0v) is 12.0. The molecule has 20 heavy (non-hydrogen) atoms. The standard InChI is InChI=1S/C15H17N3OS/c19-15(18-6-1-2-7-18)12-4-3-5-13(8-12)16-9-14-10-20-11-17-14/h3-5,8,10-11,16H,1-2,6-7,9H2. The first-order valence-electron chi connectivity index (χ1n) is 6.83. The first-order valence-corrected chi connectivity index (χ1v) is 7.77. The smallest absolute Gasteiger partial charge is 0.253 e. The van der Waals surface area contributed by atoms with Crippen molar-refractivity contribution in [1.82, 2.24) is 9.88 Å². The summed E-state index contributed by atoms with van der Waals surface area (Å²) in [6, 6.07) is 7.71. The predicted octanol–water partition coefficient (Wildman–Crippen LogP) is 2.99. The van der Waals surface area contributed by atoms with Crippen LogP contribution in [0.4, 0.5) is 5.69 Å². The summed E-state index contributed by atoms with van der Waals surface area (Å²) in [5, 5.41) is 5.33. The van der Waals surface area contributed by atoms with Crippen molar-refractivity contribution in [3.63, 3.8) is 0 Å². The van der Waals surface area contributed by atoms with Crippen LogP contribution in [0.1, 0.15) is 28.9 Å². The number of carbonyl (C=O) groups is 1. The number of hydrogen-bond donors (Lipinski definition) is 1. The summed E-state index contributed by atoms with van der Waals surface area (Å²) in [5.41, 5.74) is 4.56. The minimum absolute atomic E-state index is 0.139. The van der Waals surface area contributed by atoms with Crippen LogP contribution in [0.25, 0.3) is 0 Å². The number of nitrogens with zero attached hydrogens (tertiary/aromatic N) is 2. The van der Waals surface area contributed by atoms with E-state index in [0.717, 1.165) is 42.9 Å². The van der Waals surface area contributed by atoms with Crippen LogP contribution in [0.2, 0.25) is 0 Å². The van der Waals surface area contributed by atoms with E-state index in [1.54, 1.807) is 11.3 Å². The summed E-state index contributed by atoms with van der Waals surface area (Å²) >= 11 is 1.59. The van der Waals surface area contributed by atoms with Gasteiger partial charge in [-0.3, -0.25) is 4.79 Å². The largest absolute Gasteiger partial charge is 0.379 e. The van der Waals surface area contributed by atoms with Crippen molar-refractivity contribution in [2.75, 3.05) is 18.4 Å². The van der Waals surface area contributed by atoms with E-state index >= 15 is 0 Å². The maximum atomic E-state index is 12.3. The fourth-order valence-electron chi connectivity index (χ4n) is 2.38. The van der Waals surface area contributed by atoms with E-state index in [0.29, 0.717) is 6.54 Å². The first kappa shape index (κ1) is 13.1. The van der Waals surface area contributed by atoms with Crippen molar-refractivity contribution in [3.8, 4) is 0 Å². The number of anilines is 1. The molecular formula is C15H17N3OS. The molecule has 3 rings (SSSR count). The molecule has 0 spiro atoms. The molecule has 0 saturated carbocycles. The molecule has 1 aliphatic rings. The second kappa shape index (κ2) is 6.05. The normalized spacial score (nSPS) is 14.5. The van der Waals surface area contributed by atoms with E-state index in [4.69, 9.17) is 0 Å². The molecule has 5 heteroatoms. The molecule has 0 bridgehead atoms. The molecule has 2 aromatic rings. The van der Waals surface area contributed by atoms with Crippen LogP contribution in [-0.4, -0.2) is 28.9 Å². The van der Waals surface area contributed by atoms with Gasteiger partial charge in [0, 0.05) is 29.7 Å². The van der Waals surface area contributed by atoms with Crippen LogP contribution < -0.4 is 5.32 Å². The number of thiazole rings is 1. The Balaban J connectivity index is 1.67. The van der Waals surface area contributed by atoms with E-state index < -0.39 is 0 Å². The highest BCUT2D eigenvalue weighted by Gasteiger charge is 2.19. The van der Waals surface area contributed by atoms with Gasteiger partial charge in [-0.15, -0.1) is 11.3 Å². The third kappa shape index (κ3) is 2.99. The Morgan fingerprint density at radius 3 is 2.95 bits per heavy atom. The van der Waals surface area contributed by atoms with Crippen molar-refractivity contribution < 1.29 is 4.79 Å². The second-order valence-corrected chi connectivity index (χ2v) is 5.63. The SMILES string of the molecule is O=C(c1cccc(NCc2cscn2)c1)N1CCCC1. The quantitative estimate of drug-likeness (QED) is 0.940. The number of aromatic nitrogens is 1. The Bertz CT molecular complexity index is 577. The molecule has 1 fully saturated rings. The van der Waals surface area contributed by atoms with Gasteiger partial charge in [0.15, 0.2) is 0 Å². The van der Waals surface area contributed by atoms with Crippen LogP contribution in [0.5, 0.6) is 0 Å². The third-order valence-electron chi connectivity index (χ3n) is 3.46. The number of carbonyl (C=O) groups excluding carboxylic acids is 1. The number of hydrogen-bond acceptors (Lipinski definition) is 4. The zero-order valence-electron chi connectivity index (χ0n) is 11.2. The highest BCUT2D eigenvalue weighted by atomic mass is 32.1. The molecule has 104 valence electrons. The van der Waals surface area contributed by atoms with E-state index in [1.165, 1.54) is 0 Å². The van der Waals surface area contributed by atoms with E-state index in [9.17, 15) is 4.79 Å². The number of nitrogens with one attached hydrogen (secondary N) is 1. The Labute approximate surface area is 122 Å². The number of benzene rings is 1. The lowest BCUT2D eigenvalue weighted by atomic mass is 10.1. The van der Waals surface area contributed by atoms with Crippen molar-refractivity contribution in [3.05, 3.63) is 46.4 Å². The summed E-state index contributed by atoms with van der Waals surface area (Å²) in [6.07, 6.45) is 2.24. The molecule has 0 atom stereocenters. The van der Waals surface area contributed by atoms with E-state index in [1.807, 2.05) is 40.1 Å². The molecule has 0 radical (unpaired) electrons. The summed E-state index contributed by atoms with van der Waals surface area (Å²) in [6.45, 7) is 2.45. The van der Waals surface area contributed by atoms with Gasteiger partial charge >= 0.3 is 0 Å². The molecule has 2 heterocycles. The van der Waals surface area contributed by atoms with Crippen LogP contribution in [0.15, 0.2) is 35.2 Å². The molecular weight excluding hydrogens is 270 g/mol. The predicted molar refractivity (Wildman–Crippen MR) is 81.0 cm³/mol. The van der Waals surface area contributed by atoms with Gasteiger partial charge in [-0.05, 0) is 31.0 Å². The molecule has 1 aromatic heterocycles. The minimum atomic E-state index is 0.139. The molecule has 1 saturated heterocycles. The van der Waals surface area contributed by atoms with Gasteiger partial charge < -0.3 is 10.2 Å². The minimum Gasteiger partial charge on any atom is -0.379 e.